The van der Waals surface area contributed by atoms with E-state index >= 15 is 0 Å². The minimum Gasteiger partial charge on any atom is -0.487 e. The van der Waals surface area contributed by atoms with Crippen LogP contribution in [0.2, 0.25) is 5.02 Å². The Balaban J connectivity index is 1.36. The predicted octanol–water partition coefficient (Wildman–Crippen LogP) is 4.55. The van der Waals surface area contributed by atoms with E-state index in [1.54, 1.807) is 18.2 Å². The number of halogens is 2. The van der Waals surface area contributed by atoms with Gasteiger partial charge < -0.3 is 9.64 Å². The number of rotatable bonds is 7. The molecule has 2 N–H and O–H groups in total. The molecule has 3 aromatic rings. The Morgan fingerprint density at radius 3 is 2.56 bits per heavy atom. The van der Waals surface area contributed by atoms with E-state index in [0.717, 1.165) is 5.56 Å². The lowest BCUT2D eigenvalue weighted by molar-refractivity contribution is -0.125. The van der Waals surface area contributed by atoms with Crippen molar-refractivity contribution in [2.45, 2.75) is 13.0 Å². The molecule has 0 unspecified atom stereocenters. The zero-order valence-electron chi connectivity index (χ0n) is 17.1. The maximum absolute atomic E-state index is 13.1. The molecule has 32 heavy (non-hydrogen) atoms. The number of benzene rings is 3. The standard InChI is InChI=1S/C24H21ClFN3O3/c25-20-6-2-1-5-16(20)15-32-22-8-4-3-7-21(22)27-28-24(31)17-13-23(30)29(14-17)19-11-9-18(26)10-12-19/h1-12,17,27H,13-15H2,(H,28,31)/t17-/m0/s1. The number of para-hydroxylation sites is 2. The van der Waals surface area contributed by atoms with Gasteiger partial charge in [0.15, 0.2) is 0 Å². The van der Waals surface area contributed by atoms with Gasteiger partial charge in [0.2, 0.25) is 11.8 Å². The third-order valence-electron chi connectivity index (χ3n) is 5.18. The number of carbonyl (C=O) groups is 2. The molecule has 6 nitrogen and oxygen atoms in total. The van der Waals surface area contributed by atoms with Gasteiger partial charge in [-0.15, -0.1) is 0 Å². The third-order valence-corrected chi connectivity index (χ3v) is 5.55. The highest BCUT2D eigenvalue weighted by Crippen LogP contribution is 2.27. The van der Waals surface area contributed by atoms with Crippen LogP contribution in [0.15, 0.2) is 72.8 Å². The summed E-state index contributed by atoms with van der Waals surface area (Å²) in [6, 6.07) is 20.2. The van der Waals surface area contributed by atoms with Crippen LogP contribution >= 0.6 is 11.6 Å². The molecule has 1 aliphatic rings. The average molecular weight is 454 g/mol. The number of hydrogen-bond acceptors (Lipinski definition) is 4. The Labute approximate surface area is 189 Å². The summed E-state index contributed by atoms with van der Waals surface area (Å²) in [4.78, 5) is 26.5. The molecule has 3 aromatic carbocycles. The molecular weight excluding hydrogens is 433 g/mol. The highest BCUT2D eigenvalue weighted by molar-refractivity contribution is 6.31. The summed E-state index contributed by atoms with van der Waals surface area (Å²) >= 11 is 6.18. The number of hydrogen-bond donors (Lipinski definition) is 2. The second-order valence-corrected chi connectivity index (χ2v) is 7.78. The molecule has 1 heterocycles. The van der Waals surface area contributed by atoms with Crippen molar-refractivity contribution in [1.29, 1.82) is 0 Å². The molecule has 2 amide bonds. The molecule has 164 valence electrons. The number of nitrogens with one attached hydrogen (secondary N) is 2. The van der Waals surface area contributed by atoms with Crippen molar-refractivity contribution in [3.8, 4) is 5.75 Å². The third kappa shape index (κ3) is 5.00. The summed E-state index contributed by atoms with van der Waals surface area (Å²) in [5.74, 6) is -0.863. The Morgan fingerprint density at radius 2 is 1.78 bits per heavy atom. The molecule has 0 bridgehead atoms. The number of nitrogens with zero attached hydrogens (tertiary/aromatic N) is 1. The lowest BCUT2D eigenvalue weighted by Crippen LogP contribution is -2.36. The average Bonchev–Trinajstić information content (AvgIpc) is 3.19. The van der Waals surface area contributed by atoms with Crippen LogP contribution < -0.4 is 20.5 Å². The van der Waals surface area contributed by atoms with Crippen molar-refractivity contribution in [3.05, 3.63) is 89.2 Å². The second kappa shape index (κ2) is 9.70. The molecule has 1 fully saturated rings. The van der Waals surface area contributed by atoms with E-state index in [9.17, 15) is 14.0 Å². The first-order chi connectivity index (χ1) is 15.5. The van der Waals surface area contributed by atoms with E-state index in [4.69, 9.17) is 16.3 Å². The minimum absolute atomic E-state index is 0.0789. The normalized spacial score (nSPS) is 15.5. The molecule has 8 heteroatoms. The van der Waals surface area contributed by atoms with Crippen LogP contribution in [0.25, 0.3) is 0 Å². The number of anilines is 2. The summed E-state index contributed by atoms with van der Waals surface area (Å²) in [6.07, 6.45) is 0.0789. The molecule has 1 aliphatic heterocycles. The van der Waals surface area contributed by atoms with Gasteiger partial charge in [0, 0.05) is 29.2 Å². The van der Waals surface area contributed by atoms with Crippen LogP contribution in [-0.2, 0) is 16.2 Å². The fourth-order valence-corrected chi connectivity index (χ4v) is 3.64. The number of ether oxygens (including phenoxy) is 1. The number of amides is 2. The first kappa shape index (κ1) is 21.6. The highest BCUT2D eigenvalue weighted by Gasteiger charge is 2.35. The summed E-state index contributed by atoms with van der Waals surface area (Å²) in [5, 5.41) is 0.614. The molecule has 0 aromatic heterocycles. The van der Waals surface area contributed by atoms with Crippen molar-refractivity contribution in [2.24, 2.45) is 5.92 Å². The maximum atomic E-state index is 13.1. The Bertz CT molecular complexity index is 1120. The predicted molar refractivity (Wildman–Crippen MR) is 121 cm³/mol. The van der Waals surface area contributed by atoms with Crippen molar-refractivity contribution in [2.75, 3.05) is 16.9 Å². The molecule has 0 saturated carbocycles. The molecule has 0 spiro atoms. The van der Waals surface area contributed by atoms with Gasteiger partial charge in [-0.1, -0.05) is 41.9 Å². The van der Waals surface area contributed by atoms with Crippen molar-refractivity contribution < 1.29 is 18.7 Å². The first-order valence-electron chi connectivity index (χ1n) is 10.1. The van der Waals surface area contributed by atoms with Gasteiger partial charge in [-0.3, -0.25) is 20.4 Å². The van der Waals surface area contributed by atoms with Crippen LogP contribution in [0.1, 0.15) is 12.0 Å². The molecular formula is C24H21ClFN3O3. The van der Waals surface area contributed by atoms with Crippen molar-refractivity contribution >= 4 is 34.8 Å². The molecule has 0 radical (unpaired) electrons. The van der Waals surface area contributed by atoms with Crippen LogP contribution in [0.4, 0.5) is 15.8 Å². The lowest BCUT2D eigenvalue weighted by atomic mass is 10.1. The van der Waals surface area contributed by atoms with Gasteiger partial charge in [-0.05, 0) is 42.5 Å². The lowest BCUT2D eigenvalue weighted by Gasteiger charge is -2.18. The molecule has 0 aliphatic carbocycles. The summed E-state index contributed by atoms with van der Waals surface area (Å²) in [7, 11) is 0. The minimum atomic E-state index is -0.531. The highest BCUT2D eigenvalue weighted by atomic mass is 35.5. The topological polar surface area (TPSA) is 70.7 Å². The van der Waals surface area contributed by atoms with Gasteiger partial charge in [0.05, 0.1) is 11.6 Å². The summed E-state index contributed by atoms with van der Waals surface area (Å²) in [5.41, 5.74) is 7.53. The smallest absolute Gasteiger partial charge is 0.243 e. The van der Waals surface area contributed by atoms with Crippen LogP contribution in [-0.4, -0.2) is 18.4 Å². The fraction of sp³-hybridized carbons (Fsp3) is 0.167. The van der Waals surface area contributed by atoms with E-state index in [1.165, 1.54) is 29.2 Å². The fourth-order valence-electron chi connectivity index (χ4n) is 3.45. The molecule has 1 atom stereocenters. The quantitative estimate of drug-likeness (QED) is 0.515. The van der Waals surface area contributed by atoms with Crippen molar-refractivity contribution in [3.63, 3.8) is 0 Å². The Kier molecular flexibility index (Phi) is 6.56. The van der Waals surface area contributed by atoms with Crippen LogP contribution in [0.3, 0.4) is 0 Å². The SMILES string of the molecule is O=C(NNc1ccccc1OCc1ccccc1Cl)[C@H]1CC(=O)N(c2ccc(F)cc2)C1. The van der Waals surface area contributed by atoms with Crippen LogP contribution in [0, 0.1) is 11.7 Å². The second-order valence-electron chi connectivity index (χ2n) is 7.37. The van der Waals surface area contributed by atoms with E-state index in [1.807, 2.05) is 30.3 Å². The molecule has 4 rings (SSSR count). The number of hydrazine groups is 1. The summed E-state index contributed by atoms with van der Waals surface area (Å²) in [6.45, 7) is 0.499. The zero-order chi connectivity index (χ0) is 22.5. The summed E-state index contributed by atoms with van der Waals surface area (Å²) < 4.78 is 19.0. The van der Waals surface area contributed by atoms with Gasteiger partial charge in [-0.25, -0.2) is 4.39 Å². The first-order valence-corrected chi connectivity index (χ1v) is 10.5. The maximum Gasteiger partial charge on any atom is 0.243 e. The molecule has 1 saturated heterocycles. The van der Waals surface area contributed by atoms with E-state index < -0.39 is 5.92 Å². The van der Waals surface area contributed by atoms with Crippen LogP contribution in [0.5, 0.6) is 5.75 Å². The van der Waals surface area contributed by atoms with Gasteiger partial charge >= 0.3 is 0 Å². The Hall–Kier alpha value is -3.58. The van der Waals surface area contributed by atoms with E-state index in [-0.39, 0.29) is 37.2 Å². The van der Waals surface area contributed by atoms with Gasteiger partial charge in [0.1, 0.15) is 18.2 Å². The van der Waals surface area contributed by atoms with E-state index in [0.29, 0.717) is 22.1 Å². The zero-order valence-corrected chi connectivity index (χ0v) is 17.8. The van der Waals surface area contributed by atoms with Gasteiger partial charge in [0.25, 0.3) is 0 Å². The number of carbonyl (C=O) groups excluding carboxylic acids is 2. The van der Waals surface area contributed by atoms with E-state index in [2.05, 4.69) is 10.9 Å². The monoisotopic (exact) mass is 453 g/mol. The van der Waals surface area contributed by atoms with Crippen molar-refractivity contribution in [1.82, 2.24) is 5.43 Å². The van der Waals surface area contributed by atoms with Gasteiger partial charge in [-0.2, -0.15) is 0 Å². The largest absolute Gasteiger partial charge is 0.487 e. The Morgan fingerprint density at radius 1 is 1.06 bits per heavy atom.